The quantitative estimate of drug-likeness (QED) is 0.565. The molecule has 0 bridgehead atoms. The standard InChI is InChI=1S/C9H11N5O2/c15-14(16)8-4-6-13(10-8)7-3-1-2-5-9(7)11-12-9/h4,6-7H,1-3,5H2. The van der Waals surface area contributed by atoms with Gasteiger partial charge in [0.15, 0.2) is 0 Å². The molecule has 7 nitrogen and oxygen atoms in total. The van der Waals surface area contributed by atoms with Gasteiger partial charge in [-0.3, -0.25) is 0 Å². The first-order valence-corrected chi connectivity index (χ1v) is 5.35. The maximum absolute atomic E-state index is 10.6. The van der Waals surface area contributed by atoms with Crippen molar-refractivity contribution < 1.29 is 4.92 Å². The Hall–Kier alpha value is -1.79. The minimum Gasteiger partial charge on any atom is -0.358 e. The SMILES string of the molecule is O=[N+]([O-])c1ccn(C2CCCCC23N=N3)n1. The summed E-state index contributed by atoms with van der Waals surface area (Å²) < 4.78 is 1.65. The number of hydrogen-bond donors (Lipinski definition) is 0. The number of hydrogen-bond acceptors (Lipinski definition) is 5. The van der Waals surface area contributed by atoms with Crippen LogP contribution in [0.1, 0.15) is 31.7 Å². The van der Waals surface area contributed by atoms with Crippen molar-refractivity contribution in [1.29, 1.82) is 0 Å². The Kier molecular flexibility index (Phi) is 1.83. The second kappa shape index (κ2) is 3.10. The van der Waals surface area contributed by atoms with Gasteiger partial charge in [0.25, 0.3) is 0 Å². The predicted octanol–water partition coefficient (Wildman–Crippen LogP) is 2.07. The van der Waals surface area contributed by atoms with Crippen molar-refractivity contribution in [2.24, 2.45) is 10.2 Å². The van der Waals surface area contributed by atoms with Crippen molar-refractivity contribution in [3.8, 4) is 0 Å². The molecule has 3 rings (SSSR count). The molecule has 1 spiro atoms. The van der Waals surface area contributed by atoms with E-state index in [4.69, 9.17) is 0 Å². The molecule has 1 aromatic rings. The van der Waals surface area contributed by atoms with Gasteiger partial charge in [-0.2, -0.15) is 14.9 Å². The second-order valence-corrected chi connectivity index (χ2v) is 4.25. The molecular formula is C9H11N5O2. The molecule has 1 atom stereocenters. The Morgan fingerprint density at radius 3 is 2.94 bits per heavy atom. The van der Waals surface area contributed by atoms with Crippen LogP contribution < -0.4 is 0 Å². The van der Waals surface area contributed by atoms with E-state index >= 15 is 0 Å². The minimum atomic E-state index is -0.479. The second-order valence-electron chi connectivity index (χ2n) is 4.25. The van der Waals surface area contributed by atoms with E-state index in [0.717, 1.165) is 25.7 Å². The van der Waals surface area contributed by atoms with Crippen molar-refractivity contribution in [2.45, 2.75) is 37.4 Å². The third-order valence-electron chi connectivity index (χ3n) is 3.26. The van der Waals surface area contributed by atoms with Gasteiger partial charge in [-0.25, -0.2) is 0 Å². The van der Waals surface area contributed by atoms with E-state index in [-0.39, 0.29) is 17.5 Å². The third kappa shape index (κ3) is 1.31. The van der Waals surface area contributed by atoms with Gasteiger partial charge in [0.05, 0.1) is 17.4 Å². The van der Waals surface area contributed by atoms with Crippen LogP contribution in [0.4, 0.5) is 5.82 Å². The van der Waals surface area contributed by atoms with Crippen LogP contribution in [0, 0.1) is 10.1 Å². The van der Waals surface area contributed by atoms with Gasteiger partial charge >= 0.3 is 5.82 Å². The van der Waals surface area contributed by atoms with Crippen LogP contribution in [-0.4, -0.2) is 20.4 Å². The van der Waals surface area contributed by atoms with Crippen molar-refractivity contribution >= 4 is 5.82 Å². The molecule has 84 valence electrons. The molecule has 0 saturated heterocycles. The lowest BCUT2D eigenvalue weighted by Gasteiger charge is -2.25. The third-order valence-corrected chi connectivity index (χ3v) is 3.26. The van der Waals surface area contributed by atoms with E-state index in [2.05, 4.69) is 15.3 Å². The molecule has 0 amide bonds. The van der Waals surface area contributed by atoms with Crippen molar-refractivity contribution in [3.05, 3.63) is 22.4 Å². The summed E-state index contributed by atoms with van der Waals surface area (Å²) in [4.78, 5) is 10.1. The molecular weight excluding hydrogens is 210 g/mol. The molecule has 0 radical (unpaired) electrons. The number of aromatic nitrogens is 2. The fourth-order valence-electron chi connectivity index (χ4n) is 2.36. The molecule has 1 saturated carbocycles. The van der Waals surface area contributed by atoms with Gasteiger partial charge in [-0.15, -0.1) is 0 Å². The highest BCUT2D eigenvalue weighted by molar-refractivity contribution is 5.16. The summed E-state index contributed by atoms with van der Waals surface area (Å²) in [5.74, 6) is -0.110. The summed E-state index contributed by atoms with van der Waals surface area (Å²) in [6, 6.07) is 1.49. The molecule has 1 unspecified atom stereocenters. The van der Waals surface area contributed by atoms with E-state index in [1.54, 1.807) is 10.9 Å². The molecule has 1 aliphatic heterocycles. The first-order valence-electron chi connectivity index (χ1n) is 5.35. The Morgan fingerprint density at radius 2 is 2.31 bits per heavy atom. The van der Waals surface area contributed by atoms with Gasteiger partial charge in [0.2, 0.25) is 5.66 Å². The zero-order chi connectivity index (χ0) is 11.2. The molecule has 1 aromatic heterocycles. The van der Waals surface area contributed by atoms with Crippen LogP contribution in [0.5, 0.6) is 0 Å². The van der Waals surface area contributed by atoms with Crippen molar-refractivity contribution in [3.63, 3.8) is 0 Å². The van der Waals surface area contributed by atoms with Gasteiger partial charge in [0.1, 0.15) is 6.04 Å². The van der Waals surface area contributed by atoms with E-state index in [9.17, 15) is 10.1 Å². The van der Waals surface area contributed by atoms with Crippen molar-refractivity contribution in [2.75, 3.05) is 0 Å². The van der Waals surface area contributed by atoms with E-state index in [1.807, 2.05) is 0 Å². The summed E-state index contributed by atoms with van der Waals surface area (Å²) in [5.41, 5.74) is -0.321. The summed E-state index contributed by atoms with van der Waals surface area (Å²) in [7, 11) is 0. The Bertz CT molecular complexity index is 460. The largest absolute Gasteiger partial charge is 0.389 e. The minimum absolute atomic E-state index is 0.0648. The fourth-order valence-corrected chi connectivity index (χ4v) is 2.36. The molecule has 2 heterocycles. The number of nitro groups is 1. The lowest BCUT2D eigenvalue weighted by Crippen LogP contribution is -2.31. The molecule has 0 N–H and O–H groups in total. The zero-order valence-electron chi connectivity index (χ0n) is 8.61. The van der Waals surface area contributed by atoms with Crippen LogP contribution in [0.3, 0.4) is 0 Å². The molecule has 2 aliphatic rings. The van der Waals surface area contributed by atoms with E-state index < -0.39 is 4.92 Å². The molecule has 16 heavy (non-hydrogen) atoms. The van der Waals surface area contributed by atoms with Crippen LogP contribution in [0.2, 0.25) is 0 Å². The smallest absolute Gasteiger partial charge is 0.358 e. The fraction of sp³-hybridized carbons (Fsp3) is 0.667. The van der Waals surface area contributed by atoms with Crippen LogP contribution in [-0.2, 0) is 0 Å². The Balaban J connectivity index is 1.87. The summed E-state index contributed by atoms with van der Waals surface area (Å²) in [6.07, 6.45) is 5.74. The van der Waals surface area contributed by atoms with Gasteiger partial charge in [-0.05, 0) is 24.2 Å². The van der Waals surface area contributed by atoms with Crippen LogP contribution in [0.25, 0.3) is 0 Å². The monoisotopic (exact) mass is 221 g/mol. The number of rotatable bonds is 2. The first kappa shape index (κ1) is 9.44. The van der Waals surface area contributed by atoms with E-state index in [0.29, 0.717) is 0 Å². The van der Waals surface area contributed by atoms with Gasteiger partial charge < -0.3 is 10.1 Å². The highest BCUT2D eigenvalue weighted by Gasteiger charge is 2.52. The van der Waals surface area contributed by atoms with Gasteiger partial charge in [0, 0.05) is 0 Å². The van der Waals surface area contributed by atoms with E-state index in [1.165, 1.54) is 6.07 Å². The average Bonchev–Trinajstić information content (AvgIpc) is 2.86. The Morgan fingerprint density at radius 1 is 1.50 bits per heavy atom. The maximum atomic E-state index is 10.6. The highest BCUT2D eigenvalue weighted by atomic mass is 16.6. The average molecular weight is 221 g/mol. The maximum Gasteiger partial charge on any atom is 0.389 e. The van der Waals surface area contributed by atoms with Crippen LogP contribution >= 0.6 is 0 Å². The summed E-state index contributed by atoms with van der Waals surface area (Å²) in [6.45, 7) is 0. The van der Waals surface area contributed by atoms with Crippen LogP contribution in [0.15, 0.2) is 22.5 Å². The summed E-state index contributed by atoms with van der Waals surface area (Å²) in [5, 5.41) is 22.7. The lowest BCUT2D eigenvalue weighted by atomic mass is 9.87. The normalized spacial score (nSPS) is 25.9. The lowest BCUT2D eigenvalue weighted by molar-refractivity contribution is -0.389. The molecule has 7 heteroatoms. The Labute approximate surface area is 91.3 Å². The predicted molar refractivity (Wildman–Crippen MR) is 54.0 cm³/mol. The summed E-state index contributed by atoms with van der Waals surface area (Å²) >= 11 is 0. The molecule has 1 aliphatic carbocycles. The highest BCUT2D eigenvalue weighted by Crippen LogP contribution is 2.49. The molecule has 1 fully saturated rings. The topological polar surface area (TPSA) is 85.7 Å². The first-order chi connectivity index (χ1) is 7.71. The number of nitrogens with zero attached hydrogens (tertiary/aromatic N) is 5. The molecule has 0 aromatic carbocycles. The zero-order valence-corrected chi connectivity index (χ0v) is 8.61. The van der Waals surface area contributed by atoms with Crippen molar-refractivity contribution in [1.82, 2.24) is 9.78 Å². The van der Waals surface area contributed by atoms with Gasteiger partial charge in [-0.1, -0.05) is 6.42 Å².